The Hall–Kier alpha value is -6.09. The highest BCUT2D eigenvalue weighted by Gasteiger charge is 2.38. The van der Waals surface area contributed by atoms with Gasteiger partial charge in [0.05, 0.1) is 44.8 Å². The van der Waals surface area contributed by atoms with E-state index in [4.69, 9.17) is 44.3 Å². The van der Waals surface area contributed by atoms with Crippen molar-refractivity contribution in [2.24, 2.45) is 0 Å². The summed E-state index contributed by atoms with van der Waals surface area (Å²) in [7, 11) is 0. The van der Waals surface area contributed by atoms with Crippen molar-refractivity contribution in [1.82, 2.24) is 30.2 Å². The summed E-state index contributed by atoms with van der Waals surface area (Å²) in [6, 6.07) is 14.1. The lowest BCUT2D eigenvalue weighted by atomic mass is 9.82. The van der Waals surface area contributed by atoms with Gasteiger partial charge in [-0.3, -0.25) is 9.59 Å². The Balaban J connectivity index is 0.000000184. The molecule has 0 aliphatic carbocycles. The van der Waals surface area contributed by atoms with Crippen molar-refractivity contribution in [3.63, 3.8) is 0 Å². The number of nitrogens with one attached hydrogen (secondary N) is 3. The quantitative estimate of drug-likeness (QED) is 0.109. The molecule has 3 N–H and O–H groups in total. The first-order valence-corrected chi connectivity index (χ1v) is 21.6. The van der Waals surface area contributed by atoms with Crippen molar-refractivity contribution in [2.75, 3.05) is 13.1 Å². The van der Waals surface area contributed by atoms with Crippen LogP contribution in [0.25, 0.3) is 33.2 Å². The summed E-state index contributed by atoms with van der Waals surface area (Å²) in [6.07, 6.45) is 5.82. The number of pyridine rings is 2. The molecule has 8 rings (SSSR count). The van der Waals surface area contributed by atoms with Crippen LogP contribution in [0.2, 0.25) is 10.0 Å². The van der Waals surface area contributed by atoms with Gasteiger partial charge in [0.1, 0.15) is 22.9 Å². The molecule has 2 aromatic carbocycles. The van der Waals surface area contributed by atoms with Crippen molar-refractivity contribution in [3.05, 3.63) is 141 Å². The fraction of sp³-hybridized carbons (Fsp3) is 0.292. The van der Waals surface area contributed by atoms with Crippen molar-refractivity contribution in [1.29, 1.82) is 0 Å². The molecular weight excluding hydrogens is 901 g/mol. The van der Waals surface area contributed by atoms with E-state index < -0.39 is 22.4 Å². The summed E-state index contributed by atoms with van der Waals surface area (Å²) in [5.41, 5.74) is 4.99. The van der Waals surface area contributed by atoms with Crippen LogP contribution >= 0.6 is 34.8 Å². The Labute approximate surface area is 389 Å². The second kappa shape index (κ2) is 19.6. The van der Waals surface area contributed by atoms with Crippen LogP contribution in [0.5, 0.6) is 0 Å². The predicted octanol–water partition coefficient (Wildman–Crippen LogP) is 10.7. The van der Waals surface area contributed by atoms with Gasteiger partial charge in [-0.05, 0) is 111 Å². The summed E-state index contributed by atoms with van der Waals surface area (Å²) in [5.74, 6) is -2.07. The minimum atomic E-state index is -0.577. The number of carbonyl (C=O) groups is 4. The molecule has 6 aromatic rings. The maximum absolute atomic E-state index is 13.4. The highest BCUT2D eigenvalue weighted by Crippen LogP contribution is 2.41. The number of H-pyrrole nitrogens is 2. The fourth-order valence-electron chi connectivity index (χ4n) is 7.58. The van der Waals surface area contributed by atoms with Crippen LogP contribution in [0, 0.1) is 11.6 Å². The molecule has 2 aliphatic heterocycles. The van der Waals surface area contributed by atoms with E-state index in [1.165, 1.54) is 65.8 Å². The molecule has 17 heteroatoms. The van der Waals surface area contributed by atoms with Gasteiger partial charge in [-0.15, -0.1) is 0 Å². The summed E-state index contributed by atoms with van der Waals surface area (Å²) < 4.78 is 36.4. The molecule has 340 valence electrons. The van der Waals surface area contributed by atoms with Gasteiger partial charge in [-0.2, -0.15) is 0 Å². The van der Waals surface area contributed by atoms with Crippen LogP contribution in [0.3, 0.4) is 0 Å². The molecule has 0 unspecified atom stereocenters. The lowest BCUT2D eigenvalue weighted by Gasteiger charge is -2.29. The standard InChI is InChI=1S/C24H23ClFN3O3.C17H20ClN3O2.C7H4ClFO/c1-13(2)32-23(31)18-11-29(22(30)14-5-7-16(26)8-6-14)12-24(3,4)19-17-9-15(25)10-27-21(17)28-20(18)19;1-9(2)23-16(22)12-7-19-8-17(3,4)13-11-5-10(18)6-20-15(11)21-14(12)13;8-7(10)5-1-3-6(9)4-2-5/h5-11,13H,12H2,1-4H3,(H,27,28);5-7,9,19H,8H2,1-4H3,(H,20,21);1-4H. The zero-order valence-corrected chi connectivity index (χ0v) is 39.1. The van der Waals surface area contributed by atoms with Gasteiger partial charge in [0.25, 0.3) is 11.1 Å². The number of ether oxygens (including phenoxy) is 2. The molecule has 0 spiro atoms. The average Bonchev–Trinajstić information content (AvgIpc) is 3.72. The molecule has 0 radical (unpaired) electrons. The van der Waals surface area contributed by atoms with Gasteiger partial charge >= 0.3 is 11.9 Å². The van der Waals surface area contributed by atoms with Crippen LogP contribution < -0.4 is 5.32 Å². The SMILES string of the molecule is CC(C)OC(=O)C1=CN(C(=O)c2ccc(F)cc2)CC(C)(C)c2c1[nH]c1ncc(Cl)cc21.CC(C)OC(=O)C1=CNCC(C)(C)c2c1[nH]c1ncc(Cl)cc21.O=C(Cl)c1ccc(F)cc1. The van der Waals surface area contributed by atoms with Crippen molar-refractivity contribution in [3.8, 4) is 0 Å². The van der Waals surface area contributed by atoms with Gasteiger partial charge in [-0.25, -0.2) is 28.3 Å². The first-order valence-electron chi connectivity index (χ1n) is 20.5. The highest BCUT2D eigenvalue weighted by atomic mass is 35.5. The van der Waals surface area contributed by atoms with Crippen molar-refractivity contribution < 1.29 is 37.4 Å². The van der Waals surface area contributed by atoms with Gasteiger partial charge < -0.3 is 29.7 Å². The summed E-state index contributed by atoms with van der Waals surface area (Å²) in [6.45, 7) is 16.4. The van der Waals surface area contributed by atoms with E-state index in [9.17, 15) is 28.0 Å². The number of rotatable bonds is 6. The number of hydrogen-bond donors (Lipinski definition) is 3. The smallest absolute Gasteiger partial charge is 0.342 e. The van der Waals surface area contributed by atoms with Gasteiger partial charge in [0.2, 0.25) is 0 Å². The highest BCUT2D eigenvalue weighted by molar-refractivity contribution is 6.67. The van der Waals surface area contributed by atoms with Crippen LogP contribution in [0.4, 0.5) is 8.78 Å². The van der Waals surface area contributed by atoms with Crippen LogP contribution in [-0.4, -0.2) is 73.2 Å². The maximum Gasteiger partial charge on any atom is 0.342 e. The molecule has 2 aliphatic rings. The number of aromatic amines is 2. The molecule has 6 heterocycles. The predicted molar refractivity (Wildman–Crippen MR) is 249 cm³/mol. The molecule has 0 fully saturated rings. The molecule has 0 saturated carbocycles. The van der Waals surface area contributed by atoms with E-state index in [1.807, 2.05) is 33.8 Å². The first-order chi connectivity index (χ1) is 30.6. The molecular formula is C48H47Cl3F2N6O6. The zero-order chi connectivity index (χ0) is 47.5. The average molecular weight is 948 g/mol. The number of benzene rings is 2. The minimum Gasteiger partial charge on any atom is -0.459 e. The van der Waals surface area contributed by atoms with Crippen molar-refractivity contribution in [2.45, 2.75) is 78.4 Å². The summed E-state index contributed by atoms with van der Waals surface area (Å²) in [5, 5.41) is 5.40. The van der Waals surface area contributed by atoms with Crippen LogP contribution in [-0.2, 0) is 29.9 Å². The van der Waals surface area contributed by atoms with Crippen LogP contribution in [0.15, 0.2) is 85.5 Å². The Bertz CT molecular complexity index is 2850. The summed E-state index contributed by atoms with van der Waals surface area (Å²) >= 11 is 17.4. The number of aromatic nitrogens is 4. The largest absolute Gasteiger partial charge is 0.459 e. The van der Waals surface area contributed by atoms with Gasteiger partial charge in [0.15, 0.2) is 0 Å². The number of carbonyl (C=O) groups excluding carboxylic acids is 4. The number of amides is 1. The second-order valence-electron chi connectivity index (χ2n) is 17.2. The third-order valence-corrected chi connectivity index (χ3v) is 10.9. The van der Waals surface area contributed by atoms with Gasteiger partial charge in [-0.1, -0.05) is 50.9 Å². The normalized spacial score (nSPS) is 14.8. The molecule has 0 bridgehead atoms. The molecule has 1 amide bonds. The Kier molecular flexibility index (Phi) is 14.6. The topological polar surface area (TPSA) is 159 Å². The lowest BCUT2D eigenvalue weighted by molar-refractivity contribution is -0.141. The fourth-order valence-corrected chi connectivity index (χ4v) is 8.02. The van der Waals surface area contributed by atoms with E-state index in [1.54, 1.807) is 32.3 Å². The Morgan fingerprint density at radius 3 is 1.62 bits per heavy atom. The third kappa shape index (κ3) is 11.1. The third-order valence-electron chi connectivity index (χ3n) is 10.3. The number of nitrogens with zero attached hydrogens (tertiary/aromatic N) is 3. The van der Waals surface area contributed by atoms with E-state index >= 15 is 0 Å². The molecule has 12 nitrogen and oxygen atoms in total. The minimum absolute atomic E-state index is 0.180. The molecule has 4 aromatic heterocycles. The maximum atomic E-state index is 13.4. The Morgan fingerprint density at radius 2 is 1.14 bits per heavy atom. The van der Waals surface area contributed by atoms with Crippen LogP contribution in [0.1, 0.15) is 98.6 Å². The summed E-state index contributed by atoms with van der Waals surface area (Å²) in [4.78, 5) is 65.9. The number of hydrogen-bond acceptors (Lipinski definition) is 9. The molecule has 65 heavy (non-hydrogen) atoms. The number of esters is 2. The first kappa shape index (κ1) is 48.4. The van der Waals surface area contributed by atoms with E-state index in [0.717, 1.165) is 33.2 Å². The van der Waals surface area contributed by atoms with E-state index in [2.05, 4.69) is 39.1 Å². The second-order valence-corrected chi connectivity index (χ2v) is 18.4. The monoisotopic (exact) mass is 946 g/mol. The molecule has 0 saturated heterocycles. The number of fused-ring (bicyclic) bond motifs is 6. The number of halogens is 5. The Morgan fingerprint density at radius 1 is 0.692 bits per heavy atom. The van der Waals surface area contributed by atoms with E-state index in [0.29, 0.717) is 44.6 Å². The van der Waals surface area contributed by atoms with Crippen molar-refractivity contribution >= 4 is 91.1 Å². The van der Waals surface area contributed by atoms with Gasteiger partial charge in [0, 0.05) is 70.6 Å². The lowest BCUT2D eigenvalue weighted by Crippen LogP contribution is -2.37. The molecule has 0 atom stereocenters. The van der Waals surface area contributed by atoms with E-state index in [-0.39, 0.29) is 47.4 Å². The zero-order valence-electron chi connectivity index (χ0n) is 36.8.